The first-order chi connectivity index (χ1) is 11.0. The first-order valence-electron chi connectivity index (χ1n) is 8.32. The van der Waals surface area contributed by atoms with Crippen molar-refractivity contribution < 1.29 is 14.7 Å². The molecule has 126 valence electrons. The summed E-state index contributed by atoms with van der Waals surface area (Å²) in [6, 6.07) is 7.57. The van der Waals surface area contributed by atoms with Crippen molar-refractivity contribution >= 4 is 17.6 Å². The van der Waals surface area contributed by atoms with Gasteiger partial charge in [-0.3, -0.25) is 4.79 Å². The van der Waals surface area contributed by atoms with Gasteiger partial charge in [-0.15, -0.1) is 0 Å². The smallest absolute Gasteiger partial charge is 0.326 e. The molecule has 1 aromatic rings. The maximum atomic E-state index is 12.0. The first kappa shape index (κ1) is 17.3. The van der Waals surface area contributed by atoms with Crippen molar-refractivity contribution in [2.24, 2.45) is 5.92 Å². The maximum absolute atomic E-state index is 12.0. The second kappa shape index (κ2) is 7.99. The topological polar surface area (TPSA) is 69.6 Å². The number of nitrogens with zero attached hydrogens (tertiary/aromatic N) is 1. The zero-order valence-electron chi connectivity index (χ0n) is 13.9. The molecule has 23 heavy (non-hydrogen) atoms. The van der Waals surface area contributed by atoms with Gasteiger partial charge < -0.3 is 15.3 Å². The molecule has 1 heterocycles. The predicted octanol–water partition coefficient (Wildman–Crippen LogP) is 2.44. The van der Waals surface area contributed by atoms with Gasteiger partial charge in [-0.05, 0) is 36.8 Å². The molecular weight excluding hydrogens is 292 g/mol. The average Bonchev–Trinajstić information content (AvgIpc) is 2.89. The van der Waals surface area contributed by atoms with Gasteiger partial charge in [-0.1, -0.05) is 32.0 Å². The third-order valence-corrected chi connectivity index (χ3v) is 4.16. The number of carboxylic acid groups (broad SMARTS) is 1. The molecule has 1 atom stereocenters. The van der Waals surface area contributed by atoms with E-state index in [9.17, 15) is 9.59 Å². The lowest BCUT2D eigenvalue weighted by Crippen LogP contribution is -2.41. The molecule has 1 unspecified atom stereocenters. The van der Waals surface area contributed by atoms with E-state index in [1.54, 1.807) is 0 Å². The van der Waals surface area contributed by atoms with Gasteiger partial charge in [-0.2, -0.15) is 0 Å². The number of anilines is 1. The molecule has 0 aromatic heterocycles. The van der Waals surface area contributed by atoms with Crippen LogP contribution in [0.15, 0.2) is 24.3 Å². The highest BCUT2D eigenvalue weighted by molar-refractivity contribution is 5.83. The predicted molar refractivity (Wildman–Crippen MR) is 90.6 cm³/mol. The highest BCUT2D eigenvalue weighted by Gasteiger charge is 2.21. The molecule has 0 saturated heterocycles. The van der Waals surface area contributed by atoms with E-state index in [1.807, 2.05) is 19.9 Å². The summed E-state index contributed by atoms with van der Waals surface area (Å²) in [7, 11) is 0. The van der Waals surface area contributed by atoms with Crippen LogP contribution in [0.1, 0.15) is 38.7 Å². The van der Waals surface area contributed by atoms with Gasteiger partial charge in [0, 0.05) is 25.2 Å². The van der Waals surface area contributed by atoms with Gasteiger partial charge in [0.2, 0.25) is 5.91 Å². The number of carbonyl (C=O) groups excluding carboxylic acids is 1. The number of fused-ring (bicyclic) bond motifs is 1. The van der Waals surface area contributed by atoms with Crippen LogP contribution in [-0.4, -0.2) is 36.1 Å². The highest BCUT2D eigenvalue weighted by atomic mass is 16.4. The summed E-state index contributed by atoms with van der Waals surface area (Å²) < 4.78 is 0. The number of amides is 1. The molecule has 0 fully saturated rings. The van der Waals surface area contributed by atoms with Crippen molar-refractivity contribution in [2.45, 2.75) is 45.6 Å². The summed E-state index contributed by atoms with van der Waals surface area (Å²) in [6.45, 7) is 5.72. The summed E-state index contributed by atoms with van der Waals surface area (Å²) in [4.78, 5) is 25.4. The number of carboxylic acids is 1. The lowest BCUT2D eigenvalue weighted by molar-refractivity contribution is -0.142. The number of benzene rings is 1. The van der Waals surface area contributed by atoms with Gasteiger partial charge in [0.1, 0.15) is 6.04 Å². The molecule has 0 aliphatic carbocycles. The van der Waals surface area contributed by atoms with Gasteiger partial charge in [0.25, 0.3) is 0 Å². The quantitative estimate of drug-likeness (QED) is 0.772. The third-order valence-electron chi connectivity index (χ3n) is 4.16. The molecule has 5 nitrogen and oxygen atoms in total. The standard InChI is InChI=1S/C18H26N2O3/c1-13(2)12-15(18(22)23)19-17(21)8-5-10-20-11-9-14-6-3-4-7-16(14)20/h3-4,6-7,13,15H,5,8-12H2,1-2H3,(H,19,21)(H,22,23). The molecule has 1 amide bonds. The second-order valence-electron chi connectivity index (χ2n) is 6.56. The Kier molecular flexibility index (Phi) is 6.02. The van der Waals surface area contributed by atoms with E-state index in [0.717, 1.165) is 25.9 Å². The Labute approximate surface area is 137 Å². The summed E-state index contributed by atoms with van der Waals surface area (Å²) in [6.07, 6.45) is 2.60. The molecule has 2 rings (SSSR count). The Balaban J connectivity index is 1.76. The second-order valence-corrected chi connectivity index (χ2v) is 6.56. The number of hydrogen-bond acceptors (Lipinski definition) is 3. The van der Waals surface area contributed by atoms with Gasteiger partial charge in [-0.25, -0.2) is 4.79 Å². The Morgan fingerprint density at radius 3 is 2.74 bits per heavy atom. The minimum Gasteiger partial charge on any atom is -0.480 e. The van der Waals surface area contributed by atoms with Crippen LogP contribution in [0.2, 0.25) is 0 Å². The molecule has 2 N–H and O–H groups in total. The maximum Gasteiger partial charge on any atom is 0.326 e. The molecule has 0 saturated carbocycles. The van der Waals surface area contributed by atoms with Crippen LogP contribution in [0.25, 0.3) is 0 Å². The van der Waals surface area contributed by atoms with Crippen LogP contribution in [0.4, 0.5) is 5.69 Å². The van der Waals surface area contributed by atoms with Gasteiger partial charge in [0.05, 0.1) is 0 Å². The highest BCUT2D eigenvalue weighted by Crippen LogP contribution is 2.27. The van der Waals surface area contributed by atoms with Crippen molar-refractivity contribution in [2.75, 3.05) is 18.0 Å². The average molecular weight is 318 g/mol. The van der Waals surface area contributed by atoms with E-state index in [4.69, 9.17) is 5.11 Å². The van der Waals surface area contributed by atoms with E-state index in [2.05, 4.69) is 28.4 Å². The number of para-hydroxylation sites is 1. The molecule has 1 aromatic carbocycles. The Morgan fingerprint density at radius 1 is 1.30 bits per heavy atom. The summed E-state index contributed by atoms with van der Waals surface area (Å²) >= 11 is 0. The summed E-state index contributed by atoms with van der Waals surface area (Å²) in [5.41, 5.74) is 2.62. The largest absolute Gasteiger partial charge is 0.480 e. The van der Waals surface area contributed by atoms with Crippen LogP contribution in [0.3, 0.4) is 0 Å². The van der Waals surface area contributed by atoms with E-state index in [-0.39, 0.29) is 11.8 Å². The number of aliphatic carboxylic acids is 1. The zero-order chi connectivity index (χ0) is 16.8. The Bertz CT molecular complexity index is 557. The van der Waals surface area contributed by atoms with Crippen molar-refractivity contribution in [3.63, 3.8) is 0 Å². The summed E-state index contributed by atoms with van der Waals surface area (Å²) in [5, 5.41) is 11.8. The van der Waals surface area contributed by atoms with Crippen molar-refractivity contribution in [1.29, 1.82) is 0 Å². The van der Waals surface area contributed by atoms with Crippen LogP contribution in [-0.2, 0) is 16.0 Å². The van der Waals surface area contributed by atoms with Crippen LogP contribution < -0.4 is 10.2 Å². The molecular formula is C18H26N2O3. The van der Waals surface area contributed by atoms with E-state index >= 15 is 0 Å². The van der Waals surface area contributed by atoms with E-state index < -0.39 is 12.0 Å². The molecule has 5 heteroatoms. The van der Waals surface area contributed by atoms with E-state index in [0.29, 0.717) is 12.8 Å². The van der Waals surface area contributed by atoms with Crippen LogP contribution in [0, 0.1) is 5.92 Å². The van der Waals surface area contributed by atoms with Gasteiger partial charge >= 0.3 is 5.97 Å². The fourth-order valence-corrected chi connectivity index (χ4v) is 3.03. The minimum absolute atomic E-state index is 0.175. The molecule has 1 aliphatic heterocycles. The van der Waals surface area contributed by atoms with Crippen molar-refractivity contribution in [3.05, 3.63) is 29.8 Å². The number of hydrogen-bond donors (Lipinski definition) is 2. The summed E-state index contributed by atoms with van der Waals surface area (Å²) in [5.74, 6) is -0.899. The SMILES string of the molecule is CC(C)CC(NC(=O)CCCN1CCc2ccccc21)C(=O)O. The fourth-order valence-electron chi connectivity index (χ4n) is 3.03. The Hall–Kier alpha value is -2.04. The number of rotatable bonds is 8. The van der Waals surface area contributed by atoms with Crippen molar-refractivity contribution in [1.82, 2.24) is 5.32 Å². The molecule has 0 bridgehead atoms. The third kappa shape index (κ3) is 4.98. The first-order valence-corrected chi connectivity index (χ1v) is 8.32. The lowest BCUT2D eigenvalue weighted by Gasteiger charge is -2.20. The fraction of sp³-hybridized carbons (Fsp3) is 0.556. The Morgan fingerprint density at radius 2 is 2.04 bits per heavy atom. The number of carbonyl (C=O) groups is 2. The number of nitrogens with one attached hydrogen (secondary N) is 1. The van der Waals surface area contributed by atoms with Crippen LogP contribution >= 0.6 is 0 Å². The molecule has 0 spiro atoms. The lowest BCUT2D eigenvalue weighted by atomic mass is 10.0. The monoisotopic (exact) mass is 318 g/mol. The van der Waals surface area contributed by atoms with Crippen molar-refractivity contribution in [3.8, 4) is 0 Å². The van der Waals surface area contributed by atoms with Gasteiger partial charge in [0.15, 0.2) is 0 Å². The molecule has 0 radical (unpaired) electrons. The van der Waals surface area contributed by atoms with E-state index in [1.165, 1.54) is 11.3 Å². The minimum atomic E-state index is -0.958. The van der Waals surface area contributed by atoms with Crippen LogP contribution in [0.5, 0.6) is 0 Å². The normalized spacial score (nSPS) is 14.7. The molecule has 1 aliphatic rings. The zero-order valence-corrected chi connectivity index (χ0v) is 13.9.